The van der Waals surface area contributed by atoms with E-state index >= 15 is 0 Å². The molecule has 0 aromatic heterocycles. The van der Waals surface area contributed by atoms with Crippen LogP contribution in [0, 0.1) is 5.82 Å². The molecule has 1 fully saturated rings. The Hall–Kier alpha value is -1.82. The molecule has 3 amide bonds. The van der Waals surface area contributed by atoms with Crippen molar-refractivity contribution in [1.29, 1.82) is 0 Å². The fourth-order valence-electron chi connectivity index (χ4n) is 2.20. The third-order valence-electron chi connectivity index (χ3n) is 3.49. The molecule has 5 nitrogen and oxygen atoms in total. The van der Waals surface area contributed by atoms with Crippen LogP contribution in [0.2, 0.25) is 5.02 Å². The van der Waals surface area contributed by atoms with Crippen molar-refractivity contribution in [3.05, 3.63) is 34.6 Å². The molecule has 0 radical (unpaired) electrons. The van der Waals surface area contributed by atoms with Gasteiger partial charge in [-0.05, 0) is 12.1 Å². The highest BCUT2D eigenvalue weighted by Crippen LogP contribution is 2.18. The van der Waals surface area contributed by atoms with E-state index in [1.165, 1.54) is 19.1 Å². The summed E-state index contributed by atoms with van der Waals surface area (Å²) in [7, 11) is 0. The van der Waals surface area contributed by atoms with Crippen molar-refractivity contribution in [2.24, 2.45) is 0 Å². The highest BCUT2D eigenvalue weighted by molar-refractivity contribution is 6.31. The number of hydrogen-bond acceptors (Lipinski definition) is 2. The fourth-order valence-corrected chi connectivity index (χ4v) is 2.43. The van der Waals surface area contributed by atoms with Gasteiger partial charge in [-0.15, -0.1) is 0 Å². The Balaban J connectivity index is 1.87. The summed E-state index contributed by atoms with van der Waals surface area (Å²) in [5.74, 6) is -0.433. The molecule has 1 aliphatic rings. The number of amides is 3. The number of nitrogens with one attached hydrogen (secondary N) is 1. The van der Waals surface area contributed by atoms with Crippen molar-refractivity contribution in [2.45, 2.75) is 13.5 Å². The average Bonchev–Trinajstić information content (AvgIpc) is 2.46. The van der Waals surface area contributed by atoms with Gasteiger partial charge in [0, 0.05) is 50.2 Å². The number of hydrogen-bond donors (Lipinski definition) is 1. The van der Waals surface area contributed by atoms with Gasteiger partial charge in [0.2, 0.25) is 5.91 Å². The third-order valence-corrected chi connectivity index (χ3v) is 3.84. The van der Waals surface area contributed by atoms with Crippen molar-refractivity contribution in [3.63, 3.8) is 0 Å². The van der Waals surface area contributed by atoms with E-state index in [-0.39, 0.29) is 29.1 Å². The van der Waals surface area contributed by atoms with Crippen LogP contribution in [0.5, 0.6) is 0 Å². The molecule has 21 heavy (non-hydrogen) atoms. The summed E-state index contributed by atoms with van der Waals surface area (Å²) in [5, 5.41) is 2.94. The van der Waals surface area contributed by atoms with E-state index in [0.717, 1.165) is 0 Å². The smallest absolute Gasteiger partial charge is 0.317 e. The van der Waals surface area contributed by atoms with Gasteiger partial charge in [-0.25, -0.2) is 9.18 Å². The first kappa shape index (κ1) is 15.6. The number of piperazine rings is 1. The van der Waals surface area contributed by atoms with Gasteiger partial charge in [0.1, 0.15) is 5.82 Å². The first-order valence-electron chi connectivity index (χ1n) is 6.70. The van der Waals surface area contributed by atoms with E-state index in [1.807, 2.05) is 0 Å². The molecule has 0 bridgehead atoms. The quantitative estimate of drug-likeness (QED) is 0.906. The molecule has 7 heteroatoms. The number of nitrogens with zero attached hydrogens (tertiary/aromatic N) is 2. The van der Waals surface area contributed by atoms with E-state index in [4.69, 9.17) is 11.6 Å². The SMILES string of the molecule is CC(=O)N1CCN(C(=O)NCc2c(F)cccc2Cl)CC1. The monoisotopic (exact) mass is 313 g/mol. The number of urea groups is 1. The lowest BCUT2D eigenvalue weighted by Crippen LogP contribution is -2.52. The van der Waals surface area contributed by atoms with Gasteiger partial charge in [0.15, 0.2) is 0 Å². The zero-order chi connectivity index (χ0) is 15.4. The van der Waals surface area contributed by atoms with Crippen LogP contribution in [-0.2, 0) is 11.3 Å². The van der Waals surface area contributed by atoms with Crippen LogP contribution in [0.15, 0.2) is 18.2 Å². The normalized spacial score (nSPS) is 15.0. The average molecular weight is 314 g/mol. The second kappa shape index (κ2) is 6.76. The summed E-state index contributed by atoms with van der Waals surface area (Å²) in [6, 6.07) is 4.12. The number of halogens is 2. The molecule has 1 N–H and O–H groups in total. The van der Waals surface area contributed by atoms with Crippen molar-refractivity contribution < 1.29 is 14.0 Å². The van der Waals surface area contributed by atoms with Gasteiger partial charge >= 0.3 is 6.03 Å². The van der Waals surface area contributed by atoms with Crippen LogP contribution in [0.25, 0.3) is 0 Å². The minimum atomic E-state index is -0.441. The van der Waals surface area contributed by atoms with E-state index < -0.39 is 5.82 Å². The maximum atomic E-state index is 13.6. The van der Waals surface area contributed by atoms with E-state index in [2.05, 4.69) is 5.32 Å². The highest BCUT2D eigenvalue weighted by atomic mass is 35.5. The number of rotatable bonds is 2. The predicted octanol–water partition coefficient (Wildman–Crippen LogP) is 1.85. The Labute approximate surface area is 127 Å². The van der Waals surface area contributed by atoms with Gasteiger partial charge in [0.05, 0.1) is 0 Å². The topological polar surface area (TPSA) is 52.7 Å². The molecule has 1 saturated heterocycles. The van der Waals surface area contributed by atoms with Crippen LogP contribution in [0.3, 0.4) is 0 Å². The Morgan fingerprint density at radius 2 is 1.86 bits per heavy atom. The maximum Gasteiger partial charge on any atom is 0.317 e. The van der Waals surface area contributed by atoms with Crippen molar-refractivity contribution in [3.8, 4) is 0 Å². The minimum Gasteiger partial charge on any atom is -0.339 e. The van der Waals surface area contributed by atoms with Crippen molar-refractivity contribution in [2.75, 3.05) is 26.2 Å². The number of carbonyl (C=O) groups is 2. The standard InChI is InChI=1S/C14H17ClFN3O2/c1-10(20)18-5-7-19(8-6-18)14(21)17-9-11-12(15)3-2-4-13(11)16/h2-4H,5-9H2,1H3,(H,17,21). The molecule has 1 aromatic rings. The van der Waals surface area contributed by atoms with Gasteiger partial charge in [0.25, 0.3) is 0 Å². The highest BCUT2D eigenvalue weighted by Gasteiger charge is 2.22. The van der Waals surface area contributed by atoms with E-state index in [9.17, 15) is 14.0 Å². The molecule has 0 unspecified atom stereocenters. The van der Waals surface area contributed by atoms with Crippen molar-refractivity contribution in [1.82, 2.24) is 15.1 Å². The lowest BCUT2D eigenvalue weighted by atomic mass is 10.2. The minimum absolute atomic E-state index is 0.00759. The number of benzene rings is 1. The largest absolute Gasteiger partial charge is 0.339 e. The van der Waals surface area contributed by atoms with Gasteiger partial charge < -0.3 is 15.1 Å². The summed E-state index contributed by atoms with van der Waals surface area (Å²) in [5.41, 5.74) is 0.273. The molecule has 0 atom stereocenters. The summed E-state index contributed by atoms with van der Waals surface area (Å²) in [6.07, 6.45) is 0. The lowest BCUT2D eigenvalue weighted by Gasteiger charge is -2.34. The second-order valence-electron chi connectivity index (χ2n) is 4.85. The van der Waals surface area contributed by atoms with E-state index in [1.54, 1.807) is 15.9 Å². The zero-order valence-corrected chi connectivity index (χ0v) is 12.5. The Kier molecular flexibility index (Phi) is 5.01. The molecule has 2 rings (SSSR count). The van der Waals surface area contributed by atoms with Gasteiger partial charge in [-0.3, -0.25) is 4.79 Å². The fraction of sp³-hybridized carbons (Fsp3) is 0.429. The summed E-state index contributed by atoms with van der Waals surface area (Å²) in [6.45, 7) is 3.52. The first-order chi connectivity index (χ1) is 9.99. The molecule has 0 aliphatic carbocycles. The molecule has 1 aromatic carbocycles. The Morgan fingerprint density at radius 3 is 2.43 bits per heavy atom. The summed E-state index contributed by atoms with van der Waals surface area (Å²) >= 11 is 5.90. The van der Waals surface area contributed by atoms with Crippen molar-refractivity contribution >= 4 is 23.5 Å². The predicted molar refractivity (Wildman–Crippen MR) is 77.5 cm³/mol. The lowest BCUT2D eigenvalue weighted by molar-refractivity contribution is -0.130. The molecule has 0 saturated carbocycles. The summed E-state index contributed by atoms with van der Waals surface area (Å²) in [4.78, 5) is 26.5. The molecule has 114 valence electrons. The number of carbonyl (C=O) groups excluding carboxylic acids is 2. The van der Waals surface area contributed by atoms with E-state index in [0.29, 0.717) is 26.2 Å². The molecular formula is C14H17ClFN3O2. The van der Waals surface area contributed by atoms with Gasteiger partial charge in [-0.2, -0.15) is 0 Å². The first-order valence-corrected chi connectivity index (χ1v) is 7.08. The maximum absolute atomic E-state index is 13.6. The van der Waals surface area contributed by atoms with Crippen LogP contribution in [0.1, 0.15) is 12.5 Å². The second-order valence-corrected chi connectivity index (χ2v) is 5.26. The molecule has 0 spiro atoms. The molecule has 1 aliphatic heterocycles. The molecule has 1 heterocycles. The molecular weight excluding hydrogens is 297 g/mol. The van der Waals surface area contributed by atoms with Crippen LogP contribution in [0.4, 0.5) is 9.18 Å². The zero-order valence-electron chi connectivity index (χ0n) is 11.7. The van der Waals surface area contributed by atoms with Crippen LogP contribution in [-0.4, -0.2) is 47.9 Å². The third kappa shape index (κ3) is 3.85. The summed E-state index contributed by atoms with van der Waals surface area (Å²) < 4.78 is 13.6. The van der Waals surface area contributed by atoms with Crippen LogP contribution < -0.4 is 5.32 Å². The Morgan fingerprint density at radius 1 is 1.24 bits per heavy atom. The van der Waals surface area contributed by atoms with Gasteiger partial charge in [-0.1, -0.05) is 17.7 Å². The van der Waals surface area contributed by atoms with Crippen LogP contribution >= 0.6 is 11.6 Å². The Bertz CT molecular complexity index is 525.